The maximum atomic E-state index is 12.2. The SMILES string of the molecule is O=C=Nc1occc1F. The van der Waals surface area contributed by atoms with Crippen molar-refractivity contribution in [2.45, 2.75) is 0 Å². The van der Waals surface area contributed by atoms with Crippen molar-refractivity contribution in [1.82, 2.24) is 0 Å². The molecule has 0 atom stereocenters. The molecule has 3 nitrogen and oxygen atoms in total. The molecule has 46 valence electrons. The minimum absolute atomic E-state index is 0.329. The lowest BCUT2D eigenvalue weighted by Crippen LogP contribution is -1.60. The van der Waals surface area contributed by atoms with Crippen LogP contribution in [-0.4, -0.2) is 6.08 Å². The topological polar surface area (TPSA) is 42.6 Å². The van der Waals surface area contributed by atoms with Crippen molar-refractivity contribution in [3.05, 3.63) is 18.1 Å². The Kier molecular flexibility index (Phi) is 1.42. The van der Waals surface area contributed by atoms with E-state index in [9.17, 15) is 9.18 Å². The van der Waals surface area contributed by atoms with E-state index in [1.54, 1.807) is 0 Å². The molecule has 0 saturated carbocycles. The molecular weight excluding hydrogens is 125 g/mol. The van der Waals surface area contributed by atoms with Gasteiger partial charge in [-0.1, -0.05) is 0 Å². The lowest BCUT2D eigenvalue weighted by molar-refractivity contribution is 0.536. The predicted molar refractivity (Wildman–Crippen MR) is 26.4 cm³/mol. The second-order valence-electron chi connectivity index (χ2n) is 1.28. The van der Waals surface area contributed by atoms with Crippen LogP contribution < -0.4 is 0 Å². The summed E-state index contributed by atoms with van der Waals surface area (Å²) in [6.45, 7) is 0. The molecule has 0 fully saturated rings. The summed E-state index contributed by atoms with van der Waals surface area (Å²) in [5.74, 6) is -0.983. The zero-order valence-electron chi connectivity index (χ0n) is 4.30. The Morgan fingerprint density at radius 2 is 2.56 bits per heavy atom. The van der Waals surface area contributed by atoms with Gasteiger partial charge in [0.2, 0.25) is 6.08 Å². The van der Waals surface area contributed by atoms with E-state index in [0.29, 0.717) is 0 Å². The van der Waals surface area contributed by atoms with E-state index in [2.05, 4.69) is 9.41 Å². The van der Waals surface area contributed by atoms with Gasteiger partial charge in [0.05, 0.1) is 6.26 Å². The van der Waals surface area contributed by atoms with Gasteiger partial charge in [-0.15, -0.1) is 4.99 Å². The van der Waals surface area contributed by atoms with Crippen LogP contribution in [0.1, 0.15) is 0 Å². The van der Waals surface area contributed by atoms with Gasteiger partial charge in [0, 0.05) is 6.07 Å². The van der Waals surface area contributed by atoms with Crippen molar-refractivity contribution >= 4 is 12.0 Å². The van der Waals surface area contributed by atoms with E-state index < -0.39 is 5.82 Å². The Bertz CT molecular complexity index is 249. The van der Waals surface area contributed by atoms with Gasteiger partial charge in [0.25, 0.3) is 5.88 Å². The first-order chi connectivity index (χ1) is 4.34. The van der Waals surface area contributed by atoms with Crippen LogP contribution in [0.4, 0.5) is 10.3 Å². The van der Waals surface area contributed by atoms with Crippen LogP contribution in [0.2, 0.25) is 0 Å². The van der Waals surface area contributed by atoms with Gasteiger partial charge in [-0.05, 0) is 0 Å². The first-order valence-electron chi connectivity index (χ1n) is 2.15. The summed E-state index contributed by atoms with van der Waals surface area (Å²) < 4.78 is 16.6. The molecule has 1 rings (SSSR count). The van der Waals surface area contributed by atoms with Crippen LogP contribution >= 0.6 is 0 Å². The van der Waals surface area contributed by atoms with E-state index in [-0.39, 0.29) is 5.88 Å². The van der Waals surface area contributed by atoms with Crippen LogP contribution in [0.25, 0.3) is 0 Å². The molecule has 0 unspecified atom stereocenters. The molecule has 0 aliphatic heterocycles. The highest BCUT2D eigenvalue weighted by Crippen LogP contribution is 2.16. The molecule has 0 aliphatic rings. The highest BCUT2D eigenvalue weighted by molar-refractivity contribution is 5.43. The molecule has 0 spiro atoms. The Hall–Kier alpha value is -1.41. The highest BCUT2D eigenvalue weighted by atomic mass is 19.1. The van der Waals surface area contributed by atoms with Crippen LogP contribution in [0, 0.1) is 5.82 Å². The summed E-state index contributed by atoms with van der Waals surface area (Å²) >= 11 is 0. The van der Waals surface area contributed by atoms with Gasteiger partial charge in [-0.2, -0.15) is 0 Å². The molecule has 4 heteroatoms. The summed E-state index contributed by atoms with van der Waals surface area (Å²) in [5.41, 5.74) is 0. The summed E-state index contributed by atoms with van der Waals surface area (Å²) in [6.07, 6.45) is 2.25. The van der Waals surface area contributed by atoms with Crippen LogP contribution in [0.15, 0.2) is 21.7 Å². The number of hydrogen-bond acceptors (Lipinski definition) is 3. The average Bonchev–Trinajstić information content (AvgIpc) is 2.18. The lowest BCUT2D eigenvalue weighted by Gasteiger charge is -1.75. The fourth-order valence-electron chi connectivity index (χ4n) is 0.407. The molecular formula is C5H2FNO2. The maximum Gasteiger partial charge on any atom is 0.266 e. The van der Waals surface area contributed by atoms with Crippen molar-refractivity contribution in [2.24, 2.45) is 4.99 Å². The molecule has 9 heavy (non-hydrogen) atoms. The first kappa shape index (κ1) is 5.72. The van der Waals surface area contributed by atoms with Gasteiger partial charge < -0.3 is 4.42 Å². The molecule has 0 amide bonds. The van der Waals surface area contributed by atoms with Crippen molar-refractivity contribution in [1.29, 1.82) is 0 Å². The van der Waals surface area contributed by atoms with Gasteiger partial charge in [0.1, 0.15) is 0 Å². The Morgan fingerprint density at radius 1 is 1.78 bits per heavy atom. The van der Waals surface area contributed by atoms with E-state index in [1.165, 1.54) is 0 Å². The number of halogens is 1. The number of carbonyl (C=O) groups excluding carboxylic acids is 1. The van der Waals surface area contributed by atoms with E-state index in [4.69, 9.17) is 0 Å². The summed E-state index contributed by atoms with van der Waals surface area (Å²) in [7, 11) is 0. The third kappa shape index (κ3) is 1.03. The number of hydrogen-bond donors (Lipinski definition) is 0. The van der Waals surface area contributed by atoms with E-state index in [1.807, 2.05) is 0 Å². The van der Waals surface area contributed by atoms with Gasteiger partial charge in [-0.25, -0.2) is 9.18 Å². The fourth-order valence-corrected chi connectivity index (χ4v) is 0.407. The maximum absolute atomic E-state index is 12.2. The van der Waals surface area contributed by atoms with Crippen LogP contribution in [0.3, 0.4) is 0 Å². The monoisotopic (exact) mass is 127 g/mol. The second kappa shape index (κ2) is 2.24. The average molecular weight is 127 g/mol. The molecule has 0 aromatic carbocycles. The largest absolute Gasteiger partial charge is 0.444 e. The number of furan rings is 1. The highest BCUT2D eigenvalue weighted by Gasteiger charge is 2.00. The molecule has 0 radical (unpaired) electrons. The molecule has 1 aromatic rings. The predicted octanol–water partition coefficient (Wildman–Crippen LogP) is 1.39. The number of isocyanates is 1. The zero-order chi connectivity index (χ0) is 6.69. The third-order valence-electron chi connectivity index (χ3n) is 0.746. The number of aliphatic imine (C=N–C) groups is 1. The Morgan fingerprint density at radius 3 is 3.00 bits per heavy atom. The minimum Gasteiger partial charge on any atom is -0.444 e. The second-order valence-corrected chi connectivity index (χ2v) is 1.28. The number of nitrogens with zero attached hydrogens (tertiary/aromatic N) is 1. The standard InChI is InChI=1S/C5H2FNO2/c6-4-1-2-9-5(4)7-3-8/h1-2H. The lowest BCUT2D eigenvalue weighted by atomic mass is 10.6. The van der Waals surface area contributed by atoms with Crippen LogP contribution in [-0.2, 0) is 4.79 Å². The van der Waals surface area contributed by atoms with Crippen molar-refractivity contribution in [2.75, 3.05) is 0 Å². The molecule has 0 saturated heterocycles. The van der Waals surface area contributed by atoms with Crippen molar-refractivity contribution < 1.29 is 13.6 Å². The quantitative estimate of drug-likeness (QED) is 0.422. The van der Waals surface area contributed by atoms with Crippen molar-refractivity contribution in [3.63, 3.8) is 0 Å². The zero-order valence-corrected chi connectivity index (χ0v) is 4.30. The Labute approximate surface area is 49.8 Å². The third-order valence-corrected chi connectivity index (χ3v) is 0.746. The van der Waals surface area contributed by atoms with Gasteiger partial charge >= 0.3 is 0 Å². The van der Waals surface area contributed by atoms with E-state index in [0.717, 1.165) is 18.4 Å². The van der Waals surface area contributed by atoms with E-state index >= 15 is 0 Å². The Balaban J connectivity index is 3.07. The first-order valence-corrected chi connectivity index (χ1v) is 2.15. The van der Waals surface area contributed by atoms with Crippen LogP contribution in [0.5, 0.6) is 0 Å². The molecule has 0 aliphatic carbocycles. The van der Waals surface area contributed by atoms with Gasteiger partial charge in [-0.3, -0.25) is 0 Å². The van der Waals surface area contributed by atoms with Crippen molar-refractivity contribution in [3.8, 4) is 0 Å². The summed E-state index contributed by atoms with van der Waals surface area (Å²) in [6, 6.07) is 1.07. The minimum atomic E-state index is -0.654. The molecule has 1 aromatic heterocycles. The van der Waals surface area contributed by atoms with Gasteiger partial charge in [0.15, 0.2) is 5.82 Å². The summed E-state index contributed by atoms with van der Waals surface area (Å²) in [5, 5.41) is 0. The summed E-state index contributed by atoms with van der Waals surface area (Å²) in [4.78, 5) is 12.4. The smallest absolute Gasteiger partial charge is 0.266 e. The normalized spacial score (nSPS) is 8.56. The fraction of sp³-hybridized carbons (Fsp3) is 0. The molecule has 1 heterocycles. The molecule has 0 bridgehead atoms. The number of rotatable bonds is 1. The molecule has 0 N–H and O–H groups in total.